The van der Waals surface area contributed by atoms with Gasteiger partial charge in [0.25, 0.3) is 0 Å². The molecule has 1 fully saturated rings. The molecule has 1 heterocycles. The molecule has 0 aromatic rings. The molecular weight excluding hydrogens is 138 g/mol. The van der Waals surface area contributed by atoms with Gasteiger partial charge in [-0.1, -0.05) is 0 Å². The van der Waals surface area contributed by atoms with Crippen molar-refractivity contribution >= 4 is 7.85 Å². The molecule has 10 heavy (non-hydrogen) atoms. The van der Waals surface area contributed by atoms with Crippen LogP contribution in [0, 0.1) is 0 Å². The summed E-state index contributed by atoms with van der Waals surface area (Å²) in [6.07, 6.45) is -3.74. The number of rotatable bonds is 1. The van der Waals surface area contributed by atoms with Crippen molar-refractivity contribution in [1.29, 1.82) is 0 Å². The van der Waals surface area contributed by atoms with Crippen molar-refractivity contribution in [3.8, 4) is 0 Å². The molecule has 0 aromatic heterocycles. The molecule has 1 aliphatic heterocycles. The molecular formula is C5H8BFO3. The zero-order chi connectivity index (χ0) is 7.72. The van der Waals surface area contributed by atoms with Crippen LogP contribution >= 0.6 is 0 Å². The average molecular weight is 146 g/mol. The summed E-state index contributed by atoms with van der Waals surface area (Å²) in [5.41, 5.74) is 0. The van der Waals surface area contributed by atoms with Gasteiger partial charge in [0.2, 0.25) is 0 Å². The van der Waals surface area contributed by atoms with Crippen molar-refractivity contribution in [3.63, 3.8) is 0 Å². The Bertz CT molecular complexity index is 123. The first-order chi connectivity index (χ1) is 4.66. The van der Waals surface area contributed by atoms with Gasteiger partial charge in [-0.3, -0.25) is 0 Å². The third-order valence-corrected chi connectivity index (χ3v) is 1.44. The molecule has 0 aliphatic carbocycles. The smallest absolute Gasteiger partial charge is 0.185 e. The van der Waals surface area contributed by atoms with E-state index in [1.54, 1.807) is 0 Å². The van der Waals surface area contributed by atoms with Crippen LogP contribution < -0.4 is 0 Å². The molecule has 0 aromatic carbocycles. The molecule has 0 amide bonds. The van der Waals surface area contributed by atoms with Gasteiger partial charge in [-0.2, -0.15) is 0 Å². The number of hydrogen-bond donors (Lipinski definition) is 1. The first-order valence-electron chi connectivity index (χ1n) is 2.93. The molecule has 1 rings (SSSR count). The fourth-order valence-corrected chi connectivity index (χ4v) is 0.850. The minimum absolute atomic E-state index is 0.926. The Hall–Kier alpha value is -0.125. The summed E-state index contributed by atoms with van der Waals surface area (Å²) in [6, 6.07) is -1.07. The number of halogens is 1. The van der Waals surface area contributed by atoms with E-state index in [9.17, 15) is 4.39 Å². The number of aliphatic hydroxyl groups excluding tert-OH is 1. The molecule has 4 atom stereocenters. The van der Waals surface area contributed by atoms with Gasteiger partial charge < -0.3 is 14.6 Å². The van der Waals surface area contributed by atoms with E-state index in [0.717, 1.165) is 0 Å². The van der Waals surface area contributed by atoms with Crippen LogP contribution in [0.25, 0.3) is 0 Å². The van der Waals surface area contributed by atoms with Gasteiger partial charge in [0.15, 0.2) is 6.29 Å². The van der Waals surface area contributed by atoms with E-state index in [1.165, 1.54) is 7.11 Å². The lowest BCUT2D eigenvalue weighted by molar-refractivity contribution is -0.138. The zero-order valence-electron chi connectivity index (χ0n) is 5.53. The molecule has 3 nitrogen and oxygen atoms in total. The summed E-state index contributed by atoms with van der Waals surface area (Å²) < 4.78 is 21.8. The highest BCUT2D eigenvalue weighted by Gasteiger charge is 2.41. The highest BCUT2D eigenvalue weighted by atomic mass is 19.1. The van der Waals surface area contributed by atoms with Crippen molar-refractivity contribution in [1.82, 2.24) is 0 Å². The van der Waals surface area contributed by atoms with Gasteiger partial charge in [0.05, 0.1) is 6.00 Å². The molecule has 2 radical (unpaired) electrons. The normalized spacial score (nSPS) is 47.9. The van der Waals surface area contributed by atoms with E-state index in [-0.39, 0.29) is 0 Å². The Morgan fingerprint density at radius 1 is 1.70 bits per heavy atom. The summed E-state index contributed by atoms with van der Waals surface area (Å²) in [6.45, 7) is 0. The summed E-state index contributed by atoms with van der Waals surface area (Å²) >= 11 is 0. The fraction of sp³-hybridized carbons (Fsp3) is 1.00. The van der Waals surface area contributed by atoms with Gasteiger partial charge in [-0.15, -0.1) is 0 Å². The lowest BCUT2D eigenvalue weighted by atomic mass is 9.95. The SMILES string of the molecule is [B][C@H]1O[C@@H](OC)[C@H](O)[C@H]1F. The minimum Gasteiger partial charge on any atom is -0.385 e. The predicted octanol–water partition coefficient (Wildman–Crippen LogP) is -0.817. The maximum absolute atomic E-state index is 12.6. The van der Waals surface area contributed by atoms with Crippen LogP contribution in [0.15, 0.2) is 0 Å². The molecule has 0 unspecified atom stereocenters. The van der Waals surface area contributed by atoms with Gasteiger partial charge in [-0.05, 0) is 0 Å². The van der Waals surface area contributed by atoms with Crippen LogP contribution in [0.3, 0.4) is 0 Å². The molecule has 1 N–H and O–H groups in total. The zero-order valence-corrected chi connectivity index (χ0v) is 5.53. The van der Waals surface area contributed by atoms with E-state index in [4.69, 9.17) is 13.0 Å². The van der Waals surface area contributed by atoms with E-state index < -0.39 is 24.6 Å². The highest BCUT2D eigenvalue weighted by Crippen LogP contribution is 2.21. The van der Waals surface area contributed by atoms with E-state index in [1.807, 2.05) is 0 Å². The Kier molecular flexibility index (Phi) is 2.28. The van der Waals surface area contributed by atoms with Crippen molar-refractivity contribution in [3.05, 3.63) is 0 Å². The quantitative estimate of drug-likeness (QED) is 0.491. The third kappa shape index (κ3) is 1.16. The summed E-state index contributed by atoms with van der Waals surface area (Å²) in [4.78, 5) is 0. The maximum Gasteiger partial charge on any atom is 0.185 e. The Labute approximate surface area is 59.5 Å². The Balaban J connectivity index is 2.53. The van der Waals surface area contributed by atoms with Crippen LogP contribution in [-0.2, 0) is 9.47 Å². The third-order valence-electron chi connectivity index (χ3n) is 1.44. The number of aliphatic hydroxyl groups is 1. The molecule has 0 saturated carbocycles. The lowest BCUT2D eigenvalue weighted by Crippen LogP contribution is -2.29. The lowest BCUT2D eigenvalue weighted by Gasteiger charge is -2.10. The average Bonchev–Trinajstić information content (AvgIpc) is 2.17. The van der Waals surface area contributed by atoms with Crippen LogP contribution in [0.4, 0.5) is 4.39 Å². The van der Waals surface area contributed by atoms with E-state index in [0.29, 0.717) is 0 Å². The number of alkyl halides is 1. The van der Waals surface area contributed by atoms with Crippen LogP contribution in [0.2, 0.25) is 0 Å². The summed E-state index contributed by atoms with van der Waals surface area (Å²) in [5, 5.41) is 8.92. The number of ether oxygens (including phenoxy) is 2. The van der Waals surface area contributed by atoms with Crippen molar-refractivity contribution in [2.45, 2.75) is 24.6 Å². The van der Waals surface area contributed by atoms with Crippen LogP contribution in [0.1, 0.15) is 0 Å². The standard InChI is InChI=1S/C5H8BFO3/c1-9-5-3(8)2(7)4(6)10-5/h2-5,8H,1H3/t2-,3-,4+,5-/m1/s1. The van der Waals surface area contributed by atoms with Crippen molar-refractivity contribution in [2.75, 3.05) is 7.11 Å². The topological polar surface area (TPSA) is 38.7 Å². The van der Waals surface area contributed by atoms with E-state index in [2.05, 4.69) is 9.47 Å². The predicted molar refractivity (Wildman–Crippen MR) is 32.3 cm³/mol. The summed E-state index contributed by atoms with van der Waals surface area (Å²) in [5.74, 6) is 0. The van der Waals surface area contributed by atoms with Crippen LogP contribution in [-0.4, -0.2) is 44.6 Å². The number of hydrogen-bond acceptors (Lipinski definition) is 3. The van der Waals surface area contributed by atoms with Crippen LogP contribution in [0.5, 0.6) is 0 Å². The van der Waals surface area contributed by atoms with Gasteiger partial charge >= 0.3 is 0 Å². The Morgan fingerprint density at radius 2 is 2.30 bits per heavy atom. The number of methoxy groups -OCH3 is 1. The maximum atomic E-state index is 12.6. The second-order valence-electron chi connectivity index (χ2n) is 2.14. The van der Waals surface area contributed by atoms with E-state index >= 15 is 0 Å². The largest absolute Gasteiger partial charge is 0.385 e. The highest BCUT2D eigenvalue weighted by molar-refractivity contribution is 6.11. The van der Waals surface area contributed by atoms with Crippen molar-refractivity contribution < 1.29 is 19.0 Å². The molecule has 0 bridgehead atoms. The van der Waals surface area contributed by atoms with Crippen molar-refractivity contribution in [2.24, 2.45) is 0 Å². The van der Waals surface area contributed by atoms with Gasteiger partial charge in [0.1, 0.15) is 20.1 Å². The molecule has 56 valence electrons. The van der Waals surface area contributed by atoms with Gasteiger partial charge in [0, 0.05) is 7.11 Å². The minimum atomic E-state index is -1.55. The fourth-order valence-electron chi connectivity index (χ4n) is 0.850. The molecule has 1 saturated heterocycles. The first-order valence-corrected chi connectivity index (χ1v) is 2.93. The monoisotopic (exact) mass is 146 g/mol. The molecule has 5 heteroatoms. The molecule has 0 spiro atoms. The second-order valence-corrected chi connectivity index (χ2v) is 2.14. The second kappa shape index (κ2) is 2.86. The molecule has 1 aliphatic rings. The summed E-state index contributed by atoms with van der Waals surface area (Å²) in [7, 11) is 6.42. The first kappa shape index (κ1) is 7.98. The Morgan fingerprint density at radius 3 is 2.50 bits per heavy atom. The van der Waals surface area contributed by atoms with Gasteiger partial charge in [-0.25, -0.2) is 4.39 Å².